The molecule has 0 heterocycles. The molecule has 0 saturated carbocycles. The van der Waals surface area contributed by atoms with E-state index >= 15 is 0 Å². The molecule has 0 atom stereocenters. The van der Waals surface area contributed by atoms with Crippen molar-refractivity contribution in [1.29, 1.82) is 0 Å². The third-order valence-corrected chi connectivity index (χ3v) is 3.62. The zero-order chi connectivity index (χ0) is 19.1. The van der Waals surface area contributed by atoms with E-state index in [2.05, 4.69) is 10.3 Å². The van der Waals surface area contributed by atoms with Gasteiger partial charge >= 0.3 is 5.97 Å². The molecule has 0 saturated heterocycles. The molecule has 0 aliphatic rings. The van der Waals surface area contributed by atoms with Gasteiger partial charge in [0.25, 0.3) is 5.91 Å². The van der Waals surface area contributed by atoms with Crippen molar-refractivity contribution in [3.8, 4) is 0 Å². The first-order valence-corrected chi connectivity index (χ1v) is 8.35. The normalized spacial score (nSPS) is 12.3. The van der Waals surface area contributed by atoms with Gasteiger partial charge in [0.15, 0.2) is 0 Å². The van der Waals surface area contributed by atoms with Gasteiger partial charge in [-0.3, -0.25) is 9.79 Å². The third-order valence-electron chi connectivity index (χ3n) is 2.92. The summed E-state index contributed by atoms with van der Waals surface area (Å²) in [5.41, 5.74) is 0.207. The number of benzene rings is 1. The highest BCUT2D eigenvalue weighted by molar-refractivity contribution is 6.41. The first-order valence-electron chi connectivity index (χ1n) is 7.60. The maximum Gasteiger partial charge on any atom is 0.343 e. The maximum absolute atomic E-state index is 12.1. The number of carbonyl (C=O) groups is 2. The molecule has 2 N–H and O–H groups in total. The van der Waals surface area contributed by atoms with Gasteiger partial charge in [-0.15, -0.1) is 0 Å². The predicted molar refractivity (Wildman–Crippen MR) is 99.2 cm³/mol. The number of aliphatic hydroxyl groups excluding tert-OH is 1. The van der Waals surface area contributed by atoms with Crippen LogP contribution < -0.4 is 5.32 Å². The van der Waals surface area contributed by atoms with Crippen molar-refractivity contribution in [3.63, 3.8) is 0 Å². The predicted octanol–water partition coefficient (Wildman–Crippen LogP) is 4.23. The Balaban J connectivity index is 3.23. The quantitative estimate of drug-likeness (QED) is 0.331. The van der Waals surface area contributed by atoms with Crippen LogP contribution >= 0.6 is 23.2 Å². The number of rotatable bonds is 6. The van der Waals surface area contributed by atoms with Crippen molar-refractivity contribution in [1.82, 2.24) is 5.32 Å². The highest BCUT2D eigenvalue weighted by Crippen LogP contribution is 2.33. The van der Waals surface area contributed by atoms with Gasteiger partial charge in [-0.05, 0) is 39.8 Å². The molecule has 0 aliphatic carbocycles. The van der Waals surface area contributed by atoms with Gasteiger partial charge in [0.1, 0.15) is 11.3 Å². The van der Waals surface area contributed by atoms with E-state index in [4.69, 9.17) is 27.9 Å². The Morgan fingerprint density at radius 3 is 2.52 bits per heavy atom. The van der Waals surface area contributed by atoms with Gasteiger partial charge in [-0.2, -0.15) is 0 Å². The first-order chi connectivity index (χ1) is 11.7. The minimum absolute atomic E-state index is 0.0434. The van der Waals surface area contributed by atoms with Gasteiger partial charge in [-0.1, -0.05) is 23.2 Å². The number of nitrogens with one attached hydrogen (secondary N) is 1. The lowest BCUT2D eigenvalue weighted by molar-refractivity contribution is -0.142. The number of aliphatic hydroxyl groups is 1. The third kappa shape index (κ3) is 5.76. The van der Waals surface area contributed by atoms with Crippen molar-refractivity contribution in [3.05, 3.63) is 39.1 Å². The lowest BCUT2D eigenvalue weighted by atomic mass is 10.1. The number of allylic oxidation sites excluding steroid dienone is 1. The van der Waals surface area contributed by atoms with E-state index in [0.717, 1.165) is 6.21 Å². The van der Waals surface area contributed by atoms with Crippen LogP contribution in [0.1, 0.15) is 38.1 Å². The topological polar surface area (TPSA) is 88.0 Å². The fourth-order valence-corrected chi connectivity index (χ4v) is 2.39. The number of hydrogen-bond donors (Lipinski definition) is 2. The Hall–Kier alpha value is -2.05. The van der Waals surface area contributed by atoms with Crippen LogP contribution in [0.2, 0.25) is 10.0 Å². The van der Waals surface area contributed by atoms with E-state index in [-0.39, 0.29) is 38.7 Å². The maximum atomic E-state index is 12.1. The first kappa shape index (κ1) is 21.0. The van der Waals surface area contributed by atoms with E-state index in [9.17, 15) is 14.7 Å². The van der Waals surface area contributed by atoms with E-state index in [1.165, 1.54) is 19.1 Å². The summed E-state index contributed by atoms with van der Waals surface area (Å²) in [5.74, 6) is -1.39. The molecule has 0 bridgehead atoms. The van der Waals surface area contributed by atoms with Crippen molar-refractivity contribution < 1.29 is 19.4 Å². The summed E-state index contributed by atoms with van der Waals surface area (Å²) in [7, 11) is 0. The molecular weight excluding hydrogens is 367 g/mol. The van der Waals surface area contributed by atoms with Crippen LogP contribution in [0.15, 0.2) is 28.5 Å². The Labute approximate surface area is 156 Å². The largest absolute Gasteiger partial charge is 0.512 e. The summed E-state index contributed by atoms with van der Waals surface area (Å²) < 4.78 is 5.04. The Kier molecular flexibility index (Phi) is 7.93. The standard InChI is InChI=1S/C17H20Cl2N2O4/c1-5-20-16(23)14-12(18)6-7-13(15(14)19)21-8-11(10(4)22)17(24)25-9(2)3/h6-9,22H,5H2,1-4H3,(H,20,23). The molecule has 8 heteroatoms. The molecule has 0 spiro atoms. The van der Waals surface area contributed by atoms with Crippen LogP contribution in [0.4, 0.5) is 5.69 Å². The number of esters is 1. The van der Waals surface area contributed by atoms with Crippen LogP contribution in [-0.4, -0.2) is 35.8 Å². The second-order valence-electron chi connectivity index (χ2n) is 5.33. The average Bonchev–Trinajstić information content (AvgIpc) is 2.48. The van der Waals surface area contributed by atoms with Crippen molar-refractivity contribution >= 4 is 47.0 Å². The summed E-state index contributed by atoms with van der Waals surface area (Å²) in [6.07, 6.45) is 0.787. The minimum atomic E-state index is -0.715. The van der Waals surface area contributed by atoms with Gasteiger partial charge in [0.2, 0.25) is 0 Å². The molecule has 0 fully saturated rings. The number of halogens is 2. The lowest BCUT2D eigenvalue weighted by Gasteiger charge is -2.10. The highest BCUT2D eigenvalue weighted by Gasteiger charge is 2.18. The zero-order valence-corrected chi connectivity index (χ0v) is 15.9. The van der Waals surface area contributed by atoms with Gasteiger partial charge in [0.05, 0.1) is 27.4 Å². The van der Waals surface area contributed by atoms with E-state index < -0.39 is 11.9 Å². The summed E-state index contributed by atoms with van der Waals surface area (Å²) >= 11 is 12.3. The molecule has 1 aromatic carbocycles. The highest BCUT2D eigenvalue weighted by atomic mass is 35.5. The fourth-order valence-electron chi connectivity index (χ4n) is 1.80. The number of nitrogens with zero attached hydrogens (tertiary/aromatic N) is 1. The van der Waals surface area contributed by atoms with Crippen molar-refractivity contribution in [2.75, 3.05) is 6.54 Å². The van der Waals surface area contributed by atoms with Crippen molar-refractivity contribution in [2.24, 2.45) is 4.99 Å². The van der Waals surface area contributed by atoms with Crippen molar-refractivity contribution in [2.45, 2.75) is 33.8 Å². The molecule has 1 amide bonds. The number of ether oxygens (including phenoxy) is 1. The van der Waals surface area contributed by atoms with E-state index in [0.29, 0.717) is 6.54 Å². The fraction of sp³-hybridized carbons (Fsp3) is 0.353. The molecule has 25 heavy (non-hydrogen) atoms. The van der Waals surface area contributed by atoms with Gasteiger partial charge < -0.3 is 15.2 Å². The van der Waals surface area contributed by atoms with E-state index in [1.54, 1.807) is 20.8 Å². The number of carbonyl (C=O) groups excluding carboxylic acids is 2. The van der Waals surface area contributed by atoms with Gasteiger partial charge in [-0.25, -0.2) is 4.79 Å². The molecule has 0 unspecified atom stereocenters. The van der Waals surface area contributed by atoms with E-state index in [1.807, 2.05) is 0 Å². The molecule has 1 aromatic rings. The summed E-state index contributed by atoms with van der Waals surface area (Å²) in [6, 6.07) is 2.98. The second kappa shape index (κ2) is 9.44. The molecule has 6 nitrogen and oxygen atoms in total. The SMILES string of the molecule is CCNC(=O)c1c(Cl)ccc(N=CC(C(=O)OC(C)C)=C(C)O)c1Cl. The number of aliphatic imine (C=N–C) groups is 1. The summed E-state index contributed by atoms with van der Waals surface area (Å²) in [4.78, 5) is 28.1. The number of amides is 1. The number of hydrogen-bond acceptors (Lipinski definition) is 5. The lowest BCUT2D eigenvalue weighted by Crippen LogP contribution is -2.23. The van der Waals surface area contributed by atoms with Crippen LogP contribution in [0.25, 0.3) is 0 Å². The Morgan fingerprint density at radius 1 is 1.36 bits per heavy atom. The molecular formula is C17H20Cl2N2O4. The zero-order valence-electron chi connectivity index (χ0n) is 14.4. The average molecular weight is 387 g/mol. The minimum Gasteiger partial charge on any atom is -0.512 e. The van der Waals surface area contributed by atoms with Crippen LogP contribution in [0.5, 0.6) is 0 Å². The van der Waals surface area contributed by atoms with Crippen LogP contribution in [0, 0.1) is 0 Å². The smallest absolute Gasteiger partial charge is 0.343 e. The molecule has 0 radical (unpaired) electrons. The molecule has 0 aromatic heterocycles. The Morgan fingerprint density at radius 2 is 2.00 bits per heavy atom. The molecule has 0 aliphatic heterocycles. The Bertz CT molecular complexity index is 724. The second-order valence-corrected chi connectivity index (χ2v) is 6.11. The van der Waals surface area contributed by atoms with Crippen LogP contribution in [0.3, 0.4) is 0 Å². The molecule has 136 valence electrons. The molecule has 1 rings (SSSR count). The summed E-state index contributed by atoms with van der Waals surface area (Å²) in [5, 5.41) is 12.5. The summed E-state index contributed by atoms with van der Waals surface area (Å²) in [6.45, 7) is 6.90. The van der Waals surface area contributed by atoms with Crippen LogP contribution in [-0.2, 0) is 9.53 Å². The van der Waals surface area contributed by atoms with Gasteiger partial charge in [0, 0.05) is 12.8 Å². The monoisotopic (exact) mass is 386 g/mol.